The molecule has 0 N–H and O–H groups in total. The number of thiol groups is 2. The Bertz CT molecular complexity index is 354. The molecule has 4 nitrogen and oxygen atoms in total. The Labute approximate surface area is 251 Å². The van der Waals surface area contributed by atoms with Crippen molar-refractivity contribution < 1.29 is 19.8 Å². The summed E-state index contributed by atoms with van der Waals surface area (Å²) in [4.78, 5) is 18.4. The molecular formula is C28H60O4S2Sn2. The average Bonchev–Trinajstić information content (AvgIpc) is 2.88. The van der Waals surface area contributed by atoms with Crippen LogP contribution in [-0.4, -0.2) is 63.0 Å². The molecule has 0 rings (SSSR count). The smallest absolute Gasteiger partial charge is 0.0510 e. The van der Waals surface area contributed by atoms with E-state index in [2.05, 4.69) is 66.8 Å². The molecule has 216 valence electrons. The van der Waals surface area contributed by atoms with Crippen LogP contribution in [0.2, 0.25) is 26.6 Å². The van der Waals surface area contributed by atoms with Gasteiger partial charge in [-0.1, -0.05) is 0 Å². The molecule has 0 radical (unpaired) electrons. The minimum atomic E-state index is -1.13. The summed E-state index contributed by atoms with van der Waals surface area (Å²) in [5, 5.41) is 18.4. The van der Waals surface area contributed by atoms with E-state index in [9.17, 15) is 19.8 Å². The number of carboxylic acid groups (broad SMARTS) is 2. The molecular weight excluding hydrogens is 702 g/mol. The summed E-state index contributed by atoms with van der Waals surface area (Å²) in [7, 11) is 0. The zero-order valence-corrected chi connectivity index (χ0v) is 32.2. The molecule has 0 aliphatic rings. The topological polar surface area (TPSA) is 80.3 Å². The summed E-state index contributed by atoms with van der Waals surface area (Å²) < 4.78 is 10.1. The first-order valence-electron chi connectivity index (χ1n) is 14.5. The molecule has 0 aliphatic heterocycles. The first-order valence-corrected chi connectivity index (χ1v) is 27.9. The molecule has 0 unspecified atom stereocenters. The maximum atomic E-state index is 9.18. The first kappa shape index (κ1) is 44.3. The van der Waals surface area contributed by atoms with Crippen LogP contribution >= 0.6 is 25.3 Å². The molecule has 0 aliphatic carbocycles. The van der Waals surface area contributed by atoms with Crippen LogP contribution in [0.1, 0.15) is 119 Å². The van der Waals surface area contributed by atoms with Crippen molar-refractivity contribution in [1.82, 2.24) is 0 Å². The van der Waals surface area contributed by atoms with Gasteiger partial charge in [0.15, 0.2) is 0 Å². The fraction of sp³-hybridized carbons (Fsp3) is 0.929. The van der Waals surface area contributed by atoms with Gasteiger partial charge in [-0.25, -0.2) is 0 Å². The van der Waals surface area contributed by atoms with Gasteiger partial charge < -0.3 is 19.8 Å². The van der Waals surface area contributed by atoms with E-state index in [0.29, 0.717) is 0 Å². The predicted octanol–water partition coefficient (Wildman–Crippen LogP) is 7.10. The van der Waals surface area contributed by atoms with Crippen LogP contribution in [0, 0.1) is 0 Å². The SMILES string of the molecule is CCC[CH2][Sn+]([CH2]CCC)[CH2]CCC.CCC[CH2][Sn+]([CH2]CCC)[CH2]CCC.O=C([O-])CS.O=C([O-])CS. The Morgan fingerprint density at radius 3 is 0.694 bits per heavy atom. The second kappa shape index (κ2) is 40.7. The second-order valence-corrected chi connectivity index (χ2v) is 26.9. The Morgan fingerprint density at radius 1 is 0.472 bits per heavy atom. The summed E-state index contributed by atoms with van der Waals surface area (Å²) in [5.74, 6) is -2.65. The largest absolute Gasteiger partial charge is 0.549 e. The molecule has 0 aromatic rings. The molecule has 0 spiro atoms. The zero-order valence-electron chi connectivity index (χ0n) is 24.7. The Morgan fingerprint density at radius 2 is 0.611 bits per heavy atom. The Hall–Kier alpha value is 1.24. The van der Waals surface area contributed by atoms with Gasteiger partial charge in [-0.3, -0.25) is 0 Å². The van der Waals surface area contributed by atoms with Gasteiger partial charge in [0.1, 0.15) is 0 Å². The number of hydrogen-bond donors (Lipinski definition) is 2. The monoisotopic (exact) mass is 764 g/mol. The van der Waals surface area contributed by atoms with Crippen LogP contribution in [0.15, 0.2) is 0 Å². The van der Waals surface area contributed by atoms with E-state index in [-0.39, 0.29) is 11.5 Å². The molecule has 0 atom stereocenters. The van der Waals surface area contributed by atoms with E-state index >= 15 is 0 Å². The van der Waals surface area contributed by atoms with Crippen LogP contribution in [0.5, 0.6) is 0 Å². The molecule has 36 heavy (non-hydrogen) atoms. The molecule has 0 heterocycles. The molecule has 0 aromatic carbocycles. The van der Waals surface area contributed by atoms with E-state index < -0.39 is 51.5 Å². The van der Waals surface area contributed by atoms with E-state index in [1.165, 1.54) is 77.0 Å². The van der Waals surface area contributed by atoms with Gasteiger partial charge in [0, 0.05) is 11.5 Å². The molecule has 0 amide bonds. The Balaban J connectivity index is -0.000000208. The molecule has 0 saturated carbocycles. The van der Waals surface area contributed by atoms with Gasteiger partial charge in [-0.2, -0.15) is 25.3 Å². The first-order chi connectivity index (χ1) is 17.2. The van der Waals surface area contributed by atoms with Crippen molar-refractivity contribution in [2.45, 2.75) is 145 Å². The van der Waals surface area contributed by atoms with Gasteiger partial charge in [0.2, 0.25) is 0 Å². The third-order valence-corrected chi connectivity index (χ3v) is 24.2. The van der Waals surface area contributed by atoms with E-state index in [1.54, 1.807) is 26.6 Å². The fourth-order valence-electron chi connectivity index (χ4n) is 3.31. The molecule has 0 aromatic heterocycles. The van der Waals surface area contributed by atoms with Crippen molar-refractivity contribution in [2.75, 3.05) is 11.5 Å². The normalized spacial score (nSPS) is 9.56. The third-order valence-electron chi connectivity index (χ3n) is 5.56. The van der Waals surface area contributed by atoms with Crippen molar-refractivity contribution in [3.05, 3.63) is 0 Å². The number of carbonyl (C=O) groups excluding carboxylic acids is 2. The van der Waals surface area contributed by atoms with E-state index in [4.69, 9.17) is 0 Å². The van der Waals surface area contributed by atoms with Gasteiger partial charge in [-0.05, 0) is 0 Å². The molecule has 8 heteroatoms. The van der Waals surface area contributed by atoms with Crippen LogP contribution in [-0.2, 0) is 9.59 Å². The standard InChI is InChI=1S/6C4H9.2C2H4O2S.2Sn/c6*1-3-4-2;2*3-2(4)1-5;;/h6*1,3-4H2,2H3;2*5H,1H2,(H,3,4);;/q;;;;;;;;2*+1/p-2. The number of rotatable bonds is 20. The van der Waals surface area contributed by atoms with Crippen molar-refractivity contribution in [2.24, 2.45) is 0 Å². The van der Waals surface area contributed by atoms with Crippen molar-refractivity contribution in [3.8, 4) is 0 Å². The van der Waals surface area contributed by atoms with E-state index in [0.717, 1.165) is 0 Å². The van der Waals surface area contributed by atoms with Crippen LogP contribution in [0.25, 0.3) is 0 Å². The van der Waals surface area contributed by atoms with Gasteiger partial charge in [0.25, 0.3) is 0 Å². The number of carbonyl (C=O) groups is 2. The van der Waals surface area contributed by atoms with Crippen LogP contribution in [0.3, 0.4) is 0 Å². The van der Waals surface area contributed by atoms with Crippen LogP contribution < -0.4 is 10.2 Å². The summed E-state index contributed by atoms with van der Waals surface area (Å²) in [6, 6.07) is 0. The Kier molecular flexibility index (Phi) is 50.1. The van der Waals surface area contributed by atoms with Crippen molar-refractivity contribution in [3.63, 3.8) is 0 Å². The number of carboxylic acids is 2. The summed E-state index contributed by atoms with van der Waals surface area (Å²) in [6.07, 6.45) is 17.7. The van der Waals surface area contributed by atoms with E-state index in [1.807, 2.05) is 0 Å². The van der Waals surface area contributed by atoms with Crippen molar-refractivity contribution >= 4 is 76.7 Å². The molecule has 0 fully saturated rings. The zero-order chi connectivity index (χ0) is 28.5. The van der Waals surface area contributed by atoms with Gasteiger partial charge in [-0.15, -0.1) is 0 Å². The summed E-state index contributed by atoms with van der Waals surface area (Å²) in [6.45, 7) is 14.0. The minimum absolute atomic E-state index is 0.194. The van der Waals surface area contributed by atoms with Gasteiger partial charge >= 0.3 is 185 Å². The molecule has 0 bridgehead atoms. The van der Waals surface area contributed by atoms with Crippen molar-refractivity contribution in [1.29, 1.82) is 0 Å². The quantitative estimate of drug-likeness (QED) is 0.103. The number of unbranched alkanes of at least 4 members (excludes halogenated alkanes) is 6. The van der Waals surface area contributed by atoms with Gasteiger partial charge in [0.05, 0.1) is 11.9 Å². The predicted molar refractivity (Wildman–Crippen MR) is 168 cm³/mol. The average molecular weight is 762 g/mol. The fourth-order valence-corrected chi connectivity index (χ4v) is 22.2. The summed E-state index contributed by atoms with van der Waals surface area (Å²) >= 11 is 5.03. The minimum Gasteiger partial charge on any atom is -0.549 e. The number of aliphatic carboxylic acids is 2. The molecule has 0 saturated heterocycles. The second-order valence-electron chi connectivity index (χ2n) is 9.18. The maximum absolute atomic E-state index is 9.18. The van der Waals surface area contributed by atoms with Crippen LogP contribution in [0.4, 0.5) is 0 Å². The third kappa shape index (κ3) is 48.3. The summed E-state index contributed by atoms with van der Waals surface area (Å²) in [5.41, 5.74) is 0. The number of hydrogen-bond acceptors (Lipinski definition) is 6. The maximum Gasteiger partial charge on any atom is 0.0510 e.